The summed E-state index contributed by atoms with van der Waals surface area (Å²) in [6, 6.07) is 9.87. The first-order valence-corrected chi connectivity index (χ1v) is 8.43. The predicted octanol–water partition coefficient (Wildman–Crippen LogP) is 4.13. The van der Waals surface area contributed by atoms with Crippen molar-refractivity contribution in [3.05, 3.63) is 59.1 Å². The van der Waals surface area contributed by atoms with Gasteiger partial charge in [-0.25, -0.2) is 13.8 Å². The lowest BCUT2D eigenvalue weighted by Crippen LogP contribution is -2.14. The maximum atomic E-state index is 13.1. The number of benzene rings is 2. The Morgan fingerprint density at radius 3 is 2.52 bits per heavy atom. The second-order valence-corrected chi connectivity index (χ2v) is 6.35. The lowest BCUT2D eigenvalue weighted by molar-refractivity contribution is -0.113. The molecule has 2 aromatic carbocycles. The summed E-state index contributed by atoms with van der Waals surface area (Å²) in [5.74, 6) is -1.40. The number of thioether (sulfide) groups is 1. The molecule has 2 N–H and O–H groups in total. The van der Waals surface area contributed by atoms with Crippen LogP contribution in [-0.4, -0.2) is 26.8 Å². The van der Waals surface area contributed by atoms with Crippen LogP contribution in [0.1, 0.15) is 0 Å². The van der Waals surface area contributed by atoms with Crippen molar-refractivity contribution in [1.29, 1.82) is 0 Å². The van der Waals surface area contributed by atoms with Crippen LogP contribution < -0.4 is 5.32 Å². The van der Waals surface area contributed by atoms with Crippen LogP contribution in [0.2, 0.25) is 5.02 Å². The van der Waals surface area contributed by atoms with Gasteiger partial charge in [-0.15, -0.1) is 5.10 Å². The summed E-state index contributed by atoms with van der Waals surface area (Å²) in [5, 5.41) is 10.2. The molecule has 5 nitrogen and oxygen atoms in total. The third-order valence-electron chi connectivity index (χ3n) is 3.06. The smallest absolute Gasteiger partial charge is 0.234 e. The second kappa shape index (κ2) is 7.62. The van der Waals surface area contributed by atoms with Crippen molar-refractivity contribution in [1.82, 2.24) is 15.2 Å². The number of rotatable bonds is 5. The van der Waals surface area contributed by atoms with Crippen LogP contribution >= 0.6 is 23.4 Å². The van der Waals surface area contributed by atoms with E-state index in [0.717, 1.165) is 35.5 Å². The van der Waals surface area contributed by atoms with Gasteiger partial charge < -0.3 is 5.32 Å². The van der Waals surface area contributed by atoms with Crippen molar-refractivity contribution in [3.63, 3.8) is 0 Å². The lowest BCUT2D eigenvalue weighted by atomic mass is 10.2. The third kappa shape index (κ3) is 4.77. The fourth-order valence-electron chi connectivity index (χ4n) is 2.00. The van der Waals surface area contributed by atoms with Gasteiger partial charge in [-0.1, -0.05) is 23.4 Å². The molecule has 1 aromatic heterocycles. The summed E-state index contributed by atoms with van der Waals surface area (Å²) >= 11 is 6.93. The quantitative estimate of drug-likeness (QED) is 0.653. The van der Waals surface area contributed by atoms with Gasteiger partial charge in [-0.05, 0) is 36.4 Å². The Bertz CT molecular complexity index is 881. The molecule has 128 valence electrons. The fourth-order valence-corrected chi connectivity index (χ4v) is 2.73. The number of halogens is 3. The highest BCUT2D eigenvalue weighted by Crippen LogP contribution is 2.21. The molecular weight excluding hydrogens is 370 g/mol. The van der Waals surface area contributed by atoms with Gasteiger partial charge in [0.05, 0.1) is 5.75 Å². The molecule has 0 radical (unpaired) electrons. The number of nitrogens with zero attached hydrogens (tertiary/aromatic N) is 2. The molecule has 0 saturated carbocycles. The molecule has 3 rings (SSSR count). The summed E-state index contributed by atoms with van der Waals surface area (Å²) in [6.07, 6.45) is 0. The molecular formula is C16H11ClF2N4OS. The van der Waals surface area contributed by atoms with E-state index in [4.69, 9.17) is 11.6 Å². The van der Waals surface area contributed by atoms with Gasteiger partial charge in [0.2, 0.25) is 11.1 Å². The van der Waals surface area contributed by atoms with E-state index in [2.05, 4.69) is 20.5 Å². The van der Waals surface area contributed by atoms with Crippen LogP contribution in [0.5, 0.6) is 0 Å². The van der Waals surface area contributed by atoms with Crippen molar-refractivity contribution >= 4 is 35.0 Å². The zero-order valence-electron chi connectivity index (χ0n) is 12.6. The van der Waals surface area contributed by atoms with Crippen molar-refractivity contribution < 1.29 is 13.6 Å². The number of nitrogens with one attached hydrogen (secondary N) is 2. The van der Waals surface area contributed by atoms with Crippen molar-refractivity contribution in [3.8, 4) is 11.4 Å². The fraction of sp³-hybridized carbons (Fsp3) is 0.0625. The minimum atomic E-state index is -0.760. The monoisotopic (exact) mass is 380 g/mol. The minimum absolute atomic E-state index is 0.00393. The van der Waals surface area contributed by atoms with E-state index in [0.29, 0.717) is 16.0 Å². The molecule has 0 fully saturated rings. The van der Waals surface area contributed by atoms with E-state index >= 15 is 0 Å². The number of anilines is 1. The van der Waals surface area contributed by atoms with Crippen molar-refractivity contribution in [2.45, 2.75) is 5.16 Å². The number of carbonyl (C=O) groups excluding carboxylic acids is 1. The highest BCUT2D eigenvalue weighted by molar-refractivity contribution is 7.99. The van der Waals surface area contributed by atoms with Gasteiger partial charge in [0.25, 0.3) is 0 Å². The zero-order chi connectivity index (χ0) is 17.8. The SMILES string of the molecule is O=C(CSc1n[nH]c(-c2ccc(Cl)cc2)n1)Nc1cc(F)cc(F)c1. The first-order chi connectivity index (χ1) is 12.0. The van der Waals surface area contributed by atoms with Gasteiger partial charge in [0.15, 0.2) is 5.82 Å². The number of aromatic nitrogens is 3. The third-order valence-corrected chi connectivity index (χ3v) is 4.16. The van der Waals surface area contributed by atoms with Gasteiger partial charge >= 0.3 is 0 Å². The molecule has 0 aliphatic carbocycles. The molecule has 1 heterocycles. The average molecular weight is 381 g/mol. The molecule has 9 heteroatoms. The lowest BCUT2D eigenvalue weighted by Gasteiger charge is -2.04. The molecule has 1 amide bonds. The van der Waals surface area contributed by atoms with Gasteiger partial charge in [0, 0.05) is 22.3 Å². The van der Waals surface area contributed by atoms with E-state index in [1.165, 1.54) is 0 Å². The number of amides is 1. The van der Waals surface area contributed by atoms with Crippen LogP contribution in [0.3, 0.4) is 0 Å². The molecule has 0 unspecified atom stereocenters. The van der Waals surface area contributed by atoms with Crippen molar-refractivity contribution in [2.24, 2.45) is 0 Å². The van der Waals surface area contributed by atoms with Gasteiger partial charge in [-0.2, -0.15) is 0 Å². The summed E-state index contributed by atoms with van der Waals surface area (Å²) < 4.78 is 26.2. The largest absolute Gasteiger partial charge is 0.325 e. The molecule has 0 aliphatic heterocycles. The Kier molecular flexibility index (Phi) is 5.30. The Labute approximate surface area is 150 Å². The summed E-state index contributed by atoms with van der Waals surface area (Å²) in [6.45, 7) is 0. The number of carbonyl (C=O) groups is 1. The Morgan fingerprint density at radius 2 is 1.84 bits per heavy atom. The second-order valence-electron chi connectivity index (χ2n) is 4.97. The highest BCUT2D eigenvalue weighted by Gasteiger charge is 2.10. The molecule has 0 bridgehead atoms. The predicted molar refractivity (Wildman–Crippen MR) is 92.5 cm³/mol. The topological polar surface area (TPSA) is 70.7 Å². The normalized spacial score (nSPS) is 10.7. The van der Waals surface area contributed by atoms with E-state index in [9.17, 15) is 13.6 Å². The molecule has 0 spiro atoms. The Morgan fingerprint density at radius 1 is 1.16 bits per heavy atom. The number of hydrogen-bond acceptors (Lipinski definition) is 4. The Balaban J connectivity index is 1.58. The molecule has 25 heavy (non-hydrogen) atoms. The molecule has 3 aromatic rings. The zero-order valence-corrected chi connectivity index (χ0v) is 14.2. The Hall–Kier alpha value is -2.45. The summed E-state index contributed by atoms with van der Waals surface area (Å²) in [7, 11) is 0. The van der Waals surface area contributed by atoms with Crippen LogP contribution in [0.25, 0.3) is 11.4 Å². The standard InChI is InChI=1S/C16H11ClF2N4OS/c17-10-3-1-9(2-4-10)15-21-16(23-22-15)25-8-14(24)20-13-6-11(18)5-12(19)7-13/h1-7H,8H2,(H,20,24)(H,21,22,23). The van der Waals surface area contributed by atoms with Crippen LogP contribution in [0, 0.1) is 11.6 Å². The molecule has 0 saturated heterocycles. The van der Waals surface area contributed by atoms with Crippen LogP contribution in [0.15, 0.2) is 47.6 Å². The van der Waals surface area contributed by atoms with Gasteiger partial charge in [-0.3, -0.25) is 9.89 Å². The molecule has 0 aliphatic rings. The maximum Gasteiger partial charge on any atom is 0.234 e. The number of aromatic amines is 1. The van der Waals surface area contributed by atoms with E-state index in [1.54, 1.807) is 24.3 Å². The van der Waals surface area contributed by atoms with Crippen molar-refractivity contribution in [2.75, 3.05) is 11.1 Å². The summed E-state index contributed by atoms with van der Waals surface area (Å²) in [5.41, 5.74) is 0.864. The number of H-pyrrole nitrogens is 1. The van der Waals surface area contributed by atoms with Crippen LogP contribution in [-0.2, 0) is 4.79 Å². The summed E-state index contributed by atoms with van der Waals surface area (Å²) in [4.78, 5) is 16.1. The first-order valence-electron chi connectivity index (χ1n) is 7.07. The van der Waals surface area contributed by atoms with Gasteiger partial charge in [0.1, 0.15) is 11.6 Å². The van der Waals surface area contributed by atoms with E-state index in [-0.39, 0.29) is 11.4 Å². The first kappa shape index (κ1) is 17.4. The number of hydrogen-bond donors (Lipinski definition) is 2. The molecule has 0 atom stereocenters. The van der Waals surface area contributed by atoms with E-state index in [1.807, 2.05) is 0 Å². The average Bonchev–Trinajstić information content (AvgIpc) is 3.01. The van der Waals surface area contributed by atoms with Crippen LogP contribution in [0.4, 0.5) is 14.5 Å². The minimum Gasteiger partial charge on any atom is -0.325 e. The highest BCUT2D eigenvalue weighted by atomic mass is 35.5. The maximum absolute atomic E-state index is 13.1. The van der Waals surface area contributed by atoms with E-state index < -0.39 is 17.5 Å².